The van der Waals surface area contributed by atoms with Crippen molar-refractivity contribution >= 4 is 52.2 Å². The van der Waals surface area contributed by atoms with Gasteiger partial charge in [-0.2, -0.15) is 0 Å². The minimum absolute atomic E-state index is 0.235. The van der Waals surface area contributed by atoms with Crippen molar-refractivity contribution in [3.8, 4) is 11.5 Å². The number of fused-ring (bicyclic) bond motifs is 2. The number of hydrogen-bond donors (Lipinski definition) is 2. The van der Waals surface area contributed by atoms with Crippen molar-refractivity contribution in [3.63, 3.8) is 0 Å². The molecule has 3 amide bonds. The fourth-order valence-electron chi connectivity index (χ4n) is 5.29. The summed E-state index contributed by atoms with van der Waals surface area (Å²) in [6.07, 6.45) is 0. The molecule has 4 aromatic rings. The number of nitrogens with one attached hydrogen (secondary N) is 2. The average molecular weight is 602 g/mol. The van der Waals surface area contributed by atoms with Gasteiger partial charge in [0.15, 0.2) is 18.1 Å². The van der Waals surface area contributed by atoms with Gasteiger partial charge in [-0.15, -0.1) is 0 Å². The third-order valence-corrected chi connectivity index (χ3v) is 9.56. The van der Waals surface area contributed by atoms with Crippen molar-refractivity contribution in [1.82, 2.24) is 4.98 Å². The number of amides is 3. The molecule has 2 aliphatic rings. The van der Waals surface area contributed by atoms with Gasteiger partial charge in [-0.1, -0.05) is 65.1 Å². The van der Waals surface area contributed by atoms with Gasteiger partial charge in [0, 0.05) is 16.5 Å². The number of thiazole rings is 1. The normalized spacial score (nSPS) is 19.3. The number of rotatable bonds is 8. The van der Waals surface area contributed by atoms with E-state index in [1.54, 1.807) is 42.5 Å². The number of aromatic nitrogens is 1. The third-order valence-electron chi connectivity index (χ3n) is 7.16. The Kier molecular flexibility index (Phi) is 7.61. The van der Waals surface area contributed by atoms with Crippen molar-refractivity contribution in [3.05, 3.63) is 98.5 Å². The van der Waals surface area contributed by atoms with E-state index in [1.165, 1.54) is 16.7 Å². The van der Waals surface area contributed by atoms with E-state index < -0.39 is 17.1 Å². The molecule has 2 N–H and O–H groups in total. The second-order valence-electron chi connectivity index (χ2n) is 9.94. The first-order chi connectivity index (χ1) is 20.3. The highest BCUT2D eigenvalue weighted by molar-refractivity contribution is 8.00. The topological polar surface area (TPSA) is 118 Å². The molecule has 2 aliphatic heterocycles. The minimum Gasteiger partial charge on any atom is -0.490 e. The highest BCUT2D eigenvalue weighted by Gasteiger charge is 2.56. The molecule has 0 saturated carbocycles. The van der Waals surface area contributed by atoms with E-state index in [1.807, 2.05) is 44.2 Å². The summed E-state index contributed by atoms with van der Waals surface area (Å²) in [5.74, 6) is -1.47. The zero-order chi connectivity index (χ0) is 29.4. The minimum atomic E-state index is -0.722. The van der Waals surface area contributed by atoms with Gasteiger partial charge in [-0.25, -0.2) is 4.90 Å². The molecule has 0 spiro atoms. The molecule has 3 aromatic carbocycles. The number of thioether (sulfide) groups is 1. The van der Waals surface area contributed by atoms with Gasteiger partial charge in [0.1, 0.15) is 5.25 Å². The Morgan fingerprint density at radius 2 is 1.71 bits per heavy atom. The predicted octanol–water partition coefficient (Wildman–Crippen LogP) is 4.96. The van der Waals surface area contributed by atoms with Crippen LogP contribution in [0, 0.1) is 12.8 Å². The number of imide groups is 1. The van der Waals surface area contributed by atoms with E-state index >= 15 is 0 Å². The Hall–Kier alpha value is -4.35. The summed E-state index contributed by atoms with van der Waals surface area (Å²) >= 11 is 2.28. The highest BCUT2D eigenvalue weighted by Crippen LogP contribution is 2.53. The monoisotopic (exact) mass is 601 g/mol. The van der Waals surface area contributed by atoms with E-state index in [4.69, 9.17) is 9.47 Å². The SMILES string of the molecule is CCOc1cc([C@H]2c3sc(=O)[nH]c3SC3C(=O)N(c4ccc(C)cc4)C(=O)C32)ccc1OCC(=O)Nc1ccccc1. The van der Waals surface area contributed by atoms with E-state index in [-0.39, 0.29) is 29.2 Å². The van der Waals surface area contributed by atoms with Gasteiger partial charge in [-0.3, -0.25) is 19.2 Å². The van der Waals surface area contributed by atoms with Crippen molar-refractivity contribution < 1.29 is 23.9 Å². The zero-order valence-corrected chi connectivity index (χ0v) is 24.4. The molecule has 0 bridgehead atoms. The van der Waals surface area contributed by atoms with Crippen LogP contribution in [-0.2, 0) is 14.4 Å². The smallest absolute Gasteiger partial charge is 0.305 e. The lowest BCUT2D eigenvalue weighted by molar-refractivity contribution is -0.122. The first-order valence-electron chi connectivity index (χ1n) is 13.4. The number of hydrogen-bond acceptors (Lipinski definition) is 8. The number of anilines is 2. The number of H-pyrrole nitrogens is 1. The number of aryl methyl sites for hydroxylation is 1. The summed E-state index contributed by atoms with van der Waals surface area (Å²) < 4.78 is 11.7. The maximum absolute atomic E-state index is 13.9. The maximum Gasteiger partial charge on any atom is 0.305 e. The molecule has 214 valence electrons. The summed E-state index contributed by atoms with van der Waals surface area (Å²) in [4.78, 5) is 57.1. The molecule has 11 heteroatoms. The van der Waals surface area contributed by atoms with Crippen molar-refractivity contribution in [2.45, 2.75) is 30.0 Å². The molecule has 0 aliphatic carbocycles. The molecule has 9 nitrogen and oxygen atoms in total. The van der Waals surface area contributed by atoms with Crippen LogP contribution in [0.5, 0.6) is 11.5 Å². The molecule has 1 saturated heterocycles. The van der Waals surface area contributed by atoms with Crippen LogP contribution in [-0.4, -0.2) is 41.2 Å². The number of carbonyl (C=O) groups excluding carboxylic acids is 3. The molecule has 3 heterocycles. The van der Waals surface area contributed by atoms with Crippen LogP contribution in [0.2, 0.25) is 0 Å². The Morgan fingerprint density at radius 3 is 2.45 bits per heavy atom. The molecule has 0 radical (unpaired) electrons. The molecule has 1 aromatic heterocycles. The number of aromatic amines is 1. The number of nitrogens with zero attached hydrogens (tertiary/aromatic N) is 1. The lowest BCUT2D eigenvalue weighted by Crippen LogP contribution is -2.32. The average Bonchev–Trinajstić information content (AvgIpc) is 3.47. The summed E-state index contributed by atoms with van der Waals surface area (Å²) in [7, 11) is 0. The number of benzene rings is 3. The van der Waals surface area contributed by atoms with Crippen LogP contribution in [0.4, 0.5) is 11.4 Å². The van der Waals surface area contributed by atoms with E-state index in [9.17, 15) is 19.2 Å². The van der Waals surface area contributed by atoms with Gasteiger partial charge < -0.3 is 19.8 Å². The first kappa shape index (κ1) is 27.8. The number of para-hydroxylation sites is 1. The van der Waals surface area contributed by atoms with Crippen molar-refractivity contribution in [2.24, 2.45) is 5.92 Å². The largest absolute Gasteiger partial charge is 0.490 e. The maximum atomic E-state index is 13.9. The van der Waals surface area contributed by atoms with Crippen LogP contribution in [0.3, 0.4) is 0 Å². The van der Waals surface area contributed by atoms with Crippen LogP contribution in [0.15, 0.2) is 82.6 Å². The second-order valence-corrected chi connectivity index (χ2v) is 12.1. The highest BCUT2D eigenvalue weighted by atomic mass is 32.2. The van der Waals surface area contributed by atoms with Gasteiger partial charge in [0.25, 0.3) is 5.91 Å². The first-order valence-corrected chi connectivity index (χ1v) is 15.1. The Labute approximate surface area is 249 Å². The van der Waals surface area contributed by atoms with Crippen LogP contribution < -0.4 is 24.6 Å². The molecule has 2 unspecified atom stereocenters. The summed E-state index contributed by atoms with van der Waals surface area (Å²) in [6, 6.07) is 21.6. The van der Waals surface area contributed by atoms with Gasteiger partial charge in [0.05, 0.1) is 23.2 Å². The summed E-state index contributed by atoms with van der Waals surface area (Å²) in [5, 5.41) is 2.68. The van der Waals surface area contributed by atoms with E-state index in [2.05, 4.69) is 10.3 Å². The Balaban J connectivity index is 1.32. The van der Waals surface area contributed by atoms with Crippen LogP contribution in [0.25, 0.3) is 0 Å². The van der Waals surface area contributed by atoms with Crippen LogP contribution >= 0.6 is 23.1 Å². The summed E-state index contributed by atoms with van der Waals surface area (Å²) in [5.41, 5.74) is 2.91. The van der Waals surface area contributed by atoms with Crippen molar-refractivity contribution in [2.75, 3.05) is 23.4 Å². The molecular weight excluding hydrogens is 574 g/mol. The Morgan fingerprint density at radius 1 is 0.952 bits per heavy atom. The fraction of sp³-hybridized carbons (Fsp3) is 0.226. The second kappa shape index (κ2) is 11.5. The lowest BCUT2D eigenvalue weighted by atomic mass is 9.83. The van der Waals surface area contributed by atoms with Crippen LogP contribution in [0.1, 0.15) is 28.8 Å². The van der Waals surface area contributed by atoms with E-state index in [0.29, 0.717) is 44.9 Å². The predicted molar refractivity (Wildman–Crippen MR) is 162 cm³/mol. The van der Waals surface area contributed by atoms with Gasteiger partial charge in [0.2, 0.25) is 11.8 Å². The van der Waals surface area contributed by atoms with E-state index in [0.717, 1.165) is 16.9 Å². The standard InChI is InChI=1S/C31H27N3O6S2/c1-3-39-22-15-18(11-14-21(22)40-16-23(35)32-19-7-5-4-6-8-19)24-25-27(41-28-26(24)42-31(38)33-28)30(37)34(29(25)36)20-12-9-17(2)10-13-20/h4-15,24-25,27H,3,16H2,1-2H3,(H,32,35)(H,33,38)/t24-,25?,27?/m1/s1. The molecule has 3 atom stereocenters. The van der Waals surface area contributed by atoms with Gasteiger partial charge >= 0.3 is 4.87 Å². The molecule has 6 rings (SSSR count). The quantitative estimate of drug-likeness (QED) is 0.274. The lowest BCUT2D eigenvalue weighted by Gasteiger charge is -2.30. The fourth-order valence-corrected chi connectivity index (χ4v) is 7.81. The molecule has 42 heavy (non-hydrogen) atoms. The third kappa shape index (κ3) is 5.21. The van der Waals surface area contributed by atoms with Gasteiger partial charge in [-0.05, 0) is 55.8 Å². The number of carbonyl (C=O) groups is 3. The Bertz CT molecular complexity index is 1720. The van der Waals surface area contributed by atoms with Crippen molar-refractivity contribution in [1.29, 1.82) is 0 Å². The molecule has 1 fully saturated rings. The molecular formula is C31H27N3O6S2. The summed E-state index contributed by atoms with van der Waals surface area (Å²) in [6.45, 7) is 3.88. The number of ether oxygens (including phenoxy) is 2. The zero-order valence-electron chi connectivity index (χ0n) is 22.8.